The van der Waals surface area contributed by atoms with Crippen molar-refractivity contribution in [2.24, 2.45) is 0 Å². The van der Waals surface area contributed by atoms with Gasteiger partial charge in [-0.3, -0.25) is 19.6 Å². The minimum absolute atomic E-state index is 0.203. The normalized spacial score (nSPS) is 10.4. The summed E-state index contributed by atoms with van der Waals surface area (Å²) in [5.74, 6) is -0.483. The SMILES string of the molecule is CNC(=O)c1ccc(C)c(NC(=O)c2cnc3cnccc3c2)c1. The first-order valence-electron chi connectivity index (χ1n) is 7.42. The monoisotopic (exact) mass is 320 g/mol. The van der Waals surface area contributed by atoms with Gasteiger partial charge in [-0.05, 0) is 36.8 Å². The molecular formula is C18H16N4O2. The van der Waals surface area contributed by atoms with Gasteiger partial charge in [0.15, 0.2) is 0 Å². The summed E-state index contributed by atoms with van der Waals surface area (Å²) >= 11 is 0. The smallest absolute Gasteiger partial charge is 0.257 e. The van der Waals surface area contributed by atoms with E-state index in [9.17, 15) is 9.59 Å². The number of fused-ring (bicyclic) bond motifs is 1. The van der Waals surface area contributed by atoms with E-state index in [0.29, 0.717) is 16.8 Å². The van der Waals surface area contributed by atoms with Gasteiger partial charge in [0.1, 0.15) is 0 Å². The third-order valence-electron chi connectivity index (χ3n) is 3.72. The van der Waals surface area contributed by atoms with Gasteiger partial charge < -0.3 is 10.6 Å². The molecule has 0 aliphatic rings. The molecule has 0 radical (unpaired) electrons. The van der Waals surface area contributed by atoms with Crippen LogP contribution in [0.5, 0.6) is 0 Å². The van der Waals surface area contributed by atoms with Crippen molar-refractivity contribution in [1.82, 2.24) is 15.3 Å². The molecule has 2 N–H and O–H groups in total. The van der Waals surface area contributed by atoms with Gasteiger partial charge in [0.05, 0.1) is 17.3 Å². The second-order valence-electron chi connectivity index (χ2n) is 5.36. The summed E-state index contributed by atoms with van der Waals surface area (Å²) in [6.07, 6.45) is 4.81. The number of pyridine rings is 2. The maximum absolute atomic E-state index is 12.5. The minimum Gasteiger partial charge on any atom is -0.355 e. The fourth-order valence-electron chi connectivity index (χ4n) is 2.33. The number of anilines is 1. The highest BCUT2D eigenvalue weighted by atomic mass is 16.2. The average molecular weight is 320 g/mol. The Bertz CT molecular complexity index is 937. The zero-order valence-electron chi connectivity index (χ0n) is 13.3. The summed E-state index contributed by atoms with van der Waals surface area (Å²) in [4.78, 5) is 32.5. The molecular weight excluding hydrogens is 304 g/mol. The third-order valence-corrected chi connectivity index (χ3v) is 3.72. The van der Waals surface area contributed by atoms with Crippen molar-refractivity contribution >= 4 is 28.4 Å². The van der Waals surface area contributed by atoms with E-state index in [1.54, 1.807) is 49.8 Å². The number of amides is 2. The van der Waals surface area contributed by atoms with E-state index < -0.39 is 0 Å². The van der Waals surface area contributed by atoms with Crippen LogP contribution in [0.1, 0.15) is 26.3 Å². The van der Waals surface area contributed by atoms with Crippen LogP contribution in [0, 0.1) is 6.92 Å². The predicted octanol–water partition coefficient (Wildman–Crippen LogP) is 2.55. The molecule has 2 heterocycles. The number of hydrogen-bond donors (Lipinski definition) is 2. The maximum Gasteiger partial charge on any atom is 0.257 e. The van der Waals surface area contributed by atoms with Crippen LogP contribution in [0.25, 0.3) is 10.9 Å². The number of carbonyl (C=O) groups is 2. The predicted molar refractivity (Wildman–Crippen MR) is 92.1 cm³/mol. The van der Waals surface area contributed by atoms with E-state index in [1.807, 2.05) is 6.92 Å². The third kappa shape index (κ3) is 3.08. The molecule has 0 aliphatic heterocycles. The van der Waals surface area contributed by atoms with E-state index in [0.717, 1.165) is 16.5 Å². The summed E-state index contributed by atoms with van der Waals surface area (Å²) < 4.78 is 0. The van der Waals surface area contributed by atoms with E-state index in [-0.39, 0.29) is 11.8 Å². The van der Waals surface area contributed by atoms with E-state index in [1.165, 1.54) is 6.20 Å². The minimum atomic E-state index is -0.279. The number of rotatable bonds is 3. The van der Waals surface area contributed by atoms with Crippen molar-refractivity contribution in [2.45, 2.75) is 6.92 Å². The number of nitrogens with zero attached hydrogens (tertiary/aromatic N) is 2. The molecule has 0 bridgehead atoms. The zero-order valence-corrected chi connectivity index (χ0v) is 13.3. The van der Waals surface area contributed by atoms with Gasteiger partial charge >= 0.3 is 0 Å². The van der Waals surface area contributed by atoms with Crippen molar-refractivity contribution in [1.29, 1.82) is 0 Å². The molecule has 120 valence electrons. The first-order chi connectivity index (χ1) is 11.6. The quantitative estimate of drug-likeness (QED) is 0.777. The molecule has 0 atom stereocenters. The summed E-state index contributed by atoms with van der Waals surface area (Å²) in [6, 6.07) is 8.73. The first kappa shape index (κ1) is 15.6. The Labute approximate surface area is 138 Å². The van der Waals surface area contributed by atoms with E-state index in [4.69, 9.17) is 0 Å². The van der Waals surface area contributed by atoms with E-state index in [2.05, 4.69) is 20.6 Å². The highest BCUT2D eigenvalue weighted by molar-refractivity contribution is 6.06. The average Bonchev–Trinajstić information content (AvgIpc) is 2.62. The Balaban J connectivity index is 1.89. The second kappa shape index (κ2) is 6.45. The molecule has 0 spiro atoms. The summed E-state index contributed by atoms with van der Waals surface area (Å²) in [5, 5.41) is 6.24. The summed E-state index contributed by atoms with van der Waals surface area (Å²) in [6.45, 7) is 1.87. The largest absolute Gasteiger partial charge is 0.355 e. The van der Waals surface area contributed by atoms with Crippen LogP contribution in [0.15, 0.2) is 48.9 Å². The van der Waals surface area contributed by atoms with Crippen molar-refractivity contribution in [3.8, 4) is 0 Å². The van der Waals surface area contributed by atoms with Crippen LogP contribution in [-0.2, 0) is 0 Å². The number of carbonyl (C=O) groups excluding carboxylic acids is 2. The Hall–Kier alpha value is -3.28. The molecule has 0 fully saturated rings. The molecule has 3 aromatic rings. The lowest BCUT2D eigenvalue weighted by Gasteiger charge is -2.10. The van der Waals surface area contributed by atoms with Gasteiger partial charge in [0.25, 0.3) is 11.8 Å². The topological polar surface area (TPSA) is 84.0 Å². The highest BCUT2D eigenvalue weighted by Crippen LogP contribution is 2.19. The molecule has 0 saturated carbocycles. The number of aryl methyl sites for hydroxylation is 1. The molecule has 0 saturated heterocycles. The van der Waals surface area contributed by atoms with Crippen LogP contribution in [0.2, 0.25) is 0 Å². The standard InChI is InChI=1S/C18H16N4O2/c1-11-3-4-13(17(23)19-2)8-15(11)22-18(24)14-7-12-5-6-20-10-16(12)21-9-14/h3-10H,1-2H3,(H,19,23)(H,22,24). The lowest BCUT2D eigenvalue weighted by Crippen LogP contribution is -2.19. The Morgan fingerprint density at radius 1 is 1.00 bits per heavy atom. The molecule has 3 rings (SSSR count). The number of hydrogen-bond acceptors (Lipinski definition) is 4. The molecule has 0 unspecified atom stereocenters. The zero-order chi connectivity index (χ0) is 17.1. The molecule has 2 aromatic heterocycles. The Kier molecular flexibility index (Phi) is 4.20. The van der Waals surface area contributed by atoms with Crippen molar-refractivity contribution in [2.75, 3.05) is 12.4 Å². The second-order valence-corrected chi connectivity index (χ2v) is 5.36. The van der Waals surface area contributed by atoms with Gasteiger partial charge in [0.2, 0.25) is 0 Å². The molecule has 1 aromatic carbocycles. The van der Waals surface area contributed by atoms with Gasteiger partial charge in [-0.25, -0.2) is 0 Å². The van der Waals surface area contributed by atoms with Gasteiger partial charge in [-0.15, -0.1) is 0 Å². The lowest BCUT2D eigenvalue weighted by molar-refractivity contribution is 0.0961. The lowest BCUT2D eigenvalue weighted by atomic mass is 10.1. The number of nitrogens with one attached hydrogen (secondary N) is 2. The number of benzene rings is 1. The molecule has 6 nitrogen and oxygen atoms in total. The van der Waals surface area contributed by atoms with Gasteiger partial charge in [0, 0.05) is 36.1 Å². The number of aromatic nitrogens is 2. The summed E-state index contributed by atoms with van der Waals surface area (Å²) in [7, 11) is 1.57. The molecule has 0 aliphatic carbocycles. The van der Waals surface area contributed by atoms with Crippen LogP contribution in [0.3, 0.4) is 0 Å². The van der Waals surface area contributed by atoms with Crippen molar-refractivity contribution < 1.29 is 9.59 Å². The van der Waals surface area contributed by atoms with Crippen LogP contribution in [0.4, 0.5) is 5.69 Å². The maximum atomic E-state index is 12.5. The van der Waals surface area contributed by atoms with Crippen LogP contribution < -0.4 is 10.6 Å². The molecule has 24 heavy (non-hydrogen) atoms. The van der Waals surface area contributed by atoms with Gasteiger partial charge in [-0.1, -0.05) is 6.07 Å². The molecule has 2 amide bonds. The fourth-order valence-corrected chi connectivity index (χ4v) is 2.33. The van der Waals surface area contributed by atoms with Crippen molar-refractivity contribution in [3.05, 3.63) is 65.6 Å². The van der Waals surface area contributed by atoms with Crippen LogP contribution >= 0.6 is 0 Å². The van der Waals surface area contributed by atoms with E-state index >= 15 is 0 Å². The van der Waals surface area contributed by atoms with Crippen LogP contribution in [-0.4, -0.2) is 28.8 Å². The van der Waals surface area contributed by atoms with Crippen molar-refractivity contribution in [3.63, 3.8) is 0 Å². The summed E-state index contributed by atoms with van der Waals surface area (Å²) in [5.41, 5.74) is 3.12. The van der Waals surface area contributed by atoms with Gasteiger partial charge in [-0.2, -0.15) is 0 Å². The Morgan fingerprint density at radius 2 is 1.83 bits per heavy atom. The highest BCUT2D eigenvalue weighted by Gasteiger charge is 2.11. The first-order valence-corrected chi connectivity index (χ1v) is 7.42. The fraction of sp³-hybridized carbons (Fsp3) is 0.111. The Morgan fingerprint density at radius 3 is 2.62 bits per heavy atom. The molecule has 6 heteroatoms.